The van der Waals surface area contributed by atoms with Gasteiger partial charge in [-0.1, -0.05) is 24.3 Å². The predicted octanol–water partition coefficient (Wildman–Crippen LogP) is 0.717. The van der Waals surface area contributed by atoms with Crippen LogP contribution < -0.4 is 20.1 Å². The minimum atomic E-state index is -1.40. The first kappa shape index (κ1) is 19.3. The summed E-state index contributed by atoms with van der Waals surface area (Å²) in [5.74, 6) is -1.85. The van der Waals surface area contributed by atoms with Crippen LogP contribution in [0.3, 0.4) is 0 Å². The molecule has 2 aromatic carbocycles. The molecule has 0 bridgehead atoms. The molecule has 0 aromatic heterocycles. The smallest absolute Gasteiger partial charge is 0.250 e. The lowest BCUT2D eigenvalue weighted by Crippen LogP contribution is -2.54. The molecule has 4 heterocycles. The minimum absolute atomic E-state index is 0.0488. The maximum Gasteiger partial charge on any atom is 0.250 e. The first-order valence-corrected chi connectivity index (χ1v) is 10.5. The summed E-state index contributed by atoms with van der Waals surface area (Å²) >= 11 is 0. The lowest BCUT2D eigenvalue weighted by atomic mass is 9.76. The summed E-state index contributed by atoms with van der Waals surface area (Å²) in [6, 6.07) is 11.7. The summed E-state index contributed by atoms with van der Waals surface area (Å²) in [5, 5.41) is 16.5. The van der Waals surface area contributed by atoms with Gasteiger partial charge in [0, 0.05) is 17.3 Å². The van der Waals surface area contributed by atoms with Gasteiger partial charge in [-0.05, 0) is 30.7 Å². The molecule has 4 aliphatic rings. The molecular formula is C23H21N3O6. The van der Waals surface area contributed by atoms with E-state index in [9.17, 15) is 19.5 Å². The number of ether oxygens (including phenoxy) is 2. The van der Waals surface area contributed by atoms with Crippen LogP contribution in [-0.4, -0.2) is 46.7 Å². The summed E-state index contributed by atoms with van der Waals surface area (Å²) in [7, 11) is 0. The quantitative estimate of drug-likeness (QED) is 0.608. The highest BCUT2D eigenvalue weighted by Gasteiger charge is 2.71. The second kappa shape index (κ2) is 6.54. The summed E-state index contributed by atoms with van der Waals surface area (Å²) in [6.07, 6.45) is -0.940. The van der Waals surface area contributed by atoms with Gasteiger partial charge in [0.05, 0.1) is 24.5 Å². The van der Waals surface area contributed by atoms with E-state index in [2.05, 4.69) is 10.6 Å². The molecule has 32 heavy (non-hydrogen) atoms. The van der Waals surface area contributed by atoms with Gasteiger partial charge in [0.15, 0.2) is 11.5 Å². The fraction of sp³-hybridized carbons (Fsp3) is 0.348. The Morgan fingerprint density at radius 3 is 2.72 bits per heavy atom. The average Bonchev–Trinajstić information content (AvgIpc) is 3.50. The number of hydrogen-bond acceptors (Lipinski definition) is 7. The van der Waals surface area contributed by atoms with Gasteiger partial charge in [0.1, 0.15) is 5.54 Å². The third-order valence-corrected chi connectivity index (χ3v) is 6.95. The molecule has 0 radical (unpaired) electrons. The van der Waals surface area contributed by atoms with Gasteiger partial charge in [0.25, 0.3) is 0 Å². The molecule has 9 heteroatoms. The standard InChI is InChI=1S/C23H21N3O6/c1-11(27)19-17-18(23(25-19)13-4-2-3-5-14(13)24-22(23)30)21(29)26(20(17)28)9-12-6-7-15-16(8-12)32-10-31-15/h2-8,11,17-19,25,27H,9-10H2,1H3,(H,24,30)/t11-,17+,18-,19+,23-/m0/s1. The van der Waals surface area contributed by atoms with Gasteiger partial charge in [-0.3, -0.25) is 24.6 Å². The Balaban J connectivity index is 1.41. The van der Waals surface area contributed by atoms with Crippen LogP contribution >= 0.6 is 0 Å². The number of likely N-dealkylation sites (tertiary alicyclic amines) is 1. The Labute approximate surface area is 183 Å². The van der Waals surface area contributed by atoms with Gasteiger partial charge in [-0.15, -0.1) is 0 Å². The number of fused-ring (bicyclic) bond motifs is 5. The minimum Gasteiger partial charge on any atom is -0.454 e. The van der Waals surface area contributed by atoms with Gasteiger partial charge in [-0.25, -0.2) is 0 Å². The molecule has 9 nitrogen and oxygen atoms in total. The van der Waals surface area contributed by atoms with Gasteiger partial charge < -0.3 is 19.9 Å². The molecule has 4 aliphatic heterocycles. The summed E-state index contributed by atoms with van der Waals surface area (Å²) in [6.45, 7) is 1.74. The van der Waals surface area contributed by atoms with E-state index in [1.807, 2.05) is 0 Å². The Hall–Kier alpha value is -3.43. The van der Waals surface area contributed by atoms with E-state index in [4.69, 9.17) is 9.47 Å². The normalized spacial score (nSPS) is 30.6. The molecule has 0 aliphatic carbocycles. The molecule has 2 aromatic rings. The highest BCUT2D eigenvalue weighted by molar-refractivity contribution is 6.15. The van der Waals surface area contributed by atoms with Gasteiger partial charge in [-0.2, -0.15) is 0 Å². The Morgan fingerprint density at radius 2 is 1.91 bits per heavy atom. The fourth-order valence-corrected chi connectivity index (χ4v) is 5.54. The molecule has 0 unspecified atom stereocenters. The maximum atomic E-state index is 13.7. The highest BCUT2D eigenvalue weighted by atomic mass is 16.7. The zero-order valence-corrected chi connectivity index (χ0v) is 17.2. The Morgan fingerprint density at radius 1 is 1.12 bits per heavy atom. The number of imide groups is 1. The van der Waals surface area contributed by atoms with E-state index in [0.29, 0.717) is 28.3 Å². The van der Waals surface area contributed by atoms with E-state index in [1.165, 1.54) is 4.90 Å². The van der Waals surface area contributed by atoms with Gasteiger partial charge >= 0.3 is 0 Å². The number of carbonyl (C=O) groups is 3. The fourth-order valence-electron chi connectivity index (χ4n) is 5.54. The van der Waals surface area contributed by atoms with Crippen molar-refractivity contribution in [3.8, 4) is 11.5 Å². The second-order valence-electron chi connectivity index (χ2n) is 8.67. The molecule has 3 amide bonds. The van der Waals surface area contributed by atoms with Crippen molar-refractivity contribution in [2.45, 2.75) is 31.2 Å². The average molecular weight is 435 g/mol. The van der Waals surface area contributed by atoms with Crippen molar-refractivity contribution in [1.29, 1.82) is 0 Å². The van der Waals surface area contributed by atoms with Crippen molar-refractivity contribution < 1.29 is 29.0 Å². The van der Waals surface area contributed by atoms with Crippen LogP contribution in [0, 0.1) is 11.8 Å². The molecular weight excluding hydrogens is 414 g/mol. The zero-order valence-electron chi connectivity index (χ0n) is 17.2. The molecule has 164 valence electrons. The monoisotopic (exact) mass is 435 g/mol. The number of rotatable bonds is 3. The van der Waals surface area contributed by atoms with Crippen molar-refractivity contribution in [3.05, 3.63) is 53.6 Å². The molecule has 6 rings (SSSR count). The number of aliphatic hydroxyl groups excluding tert-OH is 1. The summed E-state index contributed by atoms with van der Waals surface area (Å²) in [5.41, 5.74) is 0.528. The van der Waals surface area contributed by atoms with E-state index in [-0.39, 0.29) is 19.2 Å². The third-order valence-electron chi connectivity index (χ3n) is 6.95. The lowest BCUT2D eigenvalue weighted by molar-refractivity contribution is -0.143. The van der Waals surface area contributed by atoms with Crippen LogP contribution in [-0.2, 0) is 26.5 Å². The predicted molar refractivity (Wildman–Crippen MR) is 110 cm³/mol. The molecule has 2 fully saturated rings. The number of hydrogen-bond donors (Lipinski definition) is 3. The van der Waals surface area contributed by atoms with Crippen LogP contribution in [0.4, 0.5) is 5.69 Å². The number of benzene rings is 2. The highest BCUT2D eigenvalue weighted by Crippen LogP contribution is 2.53. The zero-order chi connectivity index (χ0) is 22.2. The van der Waals surface area contributed by atoms with Crippen LogP contribution in [0.5, 0.6) is 11.5 Å². The van der Waals surface area contributed by atoms with E-state index in [0.717, 1.165) is 0 Å². The number of nitrogens with one attached hydrogen (secondary N) is 2. The molecule has 5 atom stereocenters. The Kier molecular flexibility index (Phi) is 3.94. The number of amides is 3. The number of para-hydroxylation sites is 1. The van der Waals surface area contributed by atoms with Crippen molar-refractivity contribution in [2.24, 2.45) is 11.8 Å². The topological polar surface area (TPSA) is 117 Å². The Bertz CT molecular complexity index is 1180. The van der Waals surface area contributed by atoms with E-state index in [1.54, 1.807) is 49.4 Å². The van der Waals surface area contributed by atoms with Crippen LogP contribution in [0.1, 0.15) is 18.1 Å². The van der Waals surface area contributed by atoms with E-state index < -0.39 is 41.3 Å². The third kappa shape index (κ3) is 2.37. The first-order chi connectivity index (χ1) is 15.4. The lowest BCUT2D eigenvalue weighted by Gasteiger charge is -2.30. The van der Waals surface area contributed by atoms with Crippen molar-refractivity contribution >= 4 is 23.4 Å². The maximum absolute atomic E-state index is 13.7. The number of carbonyl (C=O) groups excluding carboxylic acids is 3. The molecule has 1 spiro atoms. The number of aliphatic hydroxyl groups is 1. The molecule has 2 saturated heterocycles. The molecule has 0 saturated carbocycles. The molecule has 3 N–H and O–H groups in total. The van der Waals surface area contributed by atoms with Crippen molar-refractivity contribution in [1.82, 2.24) is 10.2 Å². The number of anilines is 1. The van der Waals surface area contributed by atoms with Crippen molar-refractivity contribution in [2.75, 3.05) is 12.1 Å². The number of nitrogens with zero attached hydrogens (tertiary/aromatic N) is 1. The van der Waals surface area contributed by atoms with Gasteiger partial charge in [0.2, 0.25) is 24.5 Å². The van der Waals surface area contributed by atoms with Crippen LogP contribution in [0.25, 0.3) is 0 Å². The largest absolute Gasteiger partial charge is 0.454 e. The van der Waals surface area contributed by atoms with Crippen molar-refractivity contribution in [3.63, 3.8) is 0 Å². The second-order valence-corrected chi connectivity index (χ2v) is 8.67. The van der Waals surface area contributed by atoms with Crippen LogP contribution in [0.15, 0.2) is 42.5 Å². The SMILES string of the molecule is C[C@H](O)[C@H]1N[C@]2(C(=O)Nc3ccccc32)[C@@H]2C(=O)N(Cc3ccc4c(c3)OCO4)C(=O)[C@@H]12. The van der Waals surface area contributed by atoms with Crippen LogP contribution in [0.2, 0.25) is 0 Å². The first-order valence-electron chi connectivity index (χ1n) is 10.5. The van der Waals surface area contributed by atoms with E-state index >= 15 is 0 Å². The summed E-state index contributed by atoms with van der Waals surface area (Å²) < 4.78 is 10.7. The summed E-state index contributed by atoms with van der Waals surface area (Å²) in [4.78, 5) is 41.6.